The Morgan fingerprint density at radius 2 is 1.60 bits per heavy atom. The molecule has 2 nitrogen and oxygen atoms in total. The number of hydrogen-bond donors (Lipinski definition) is 2. The van der Waals surface area contributed by atoms with E-state index in [0.29, 0.717) is 0 Å². The summed E-state index contributed by atoms with van der Waals surface area (Å²) in [4.78, 5) is 0. The van der Waals surface area contributed by atoms with Crippen LogP contribution in [0.1, 0.15) is 32.4 Å². The SMILES string of the molecule is C.C.Cc1ccc(CNCCNCC2=CC=CC2)cc1. The van der Waals surface area contributed by atoms with Gasteiger partial charge in [-0.05, 0) is 18.9 Å². The van der Waals surface area contributed by atoms with E-state index in [1.165, 1.54) is 16.7 Å². The van der Waals surface area contributed by atoms with Crippen molar-refractivity contribution in [2.24, 2.45) is 0 Å². The summed E-state index contributed by atoms with van der Waals surface area (Å²) < 4.78 is 0. The van der Waals surface area contributed by atoms with Crippen LogP contribution in [0.15, 0.2) is 48.1 Å². The number of allylic oxidation sites excluding steroid dienone is 3. The fourth-order valence-electron chi connectivity index (χ4n) is 1.99. The van der Waals surface area contributed by atoms with Crippen molar-refractivity contribution in [1.82, 2.24) is 10.6 Å². The highest BCUT2D eigenvalue weighted by Gasteiger charge is 1.98. The van der Waals surface area contributed by atoms with Crippen LogP contribution in [0.3, 0.4) is 0 Å². The summed E-state index contributed by atoms with van der Waals surface area (Å²) >= 11 is 0. The van der Waals surface area contributed by atoms with Gasteiger partial charge in [-0.25, -0.2) is 0 Å². The molecule has 2 heteroatoms. The first-order valence-corrected chi connectivity index (χ1v) is 6.66. The third-order valence-corrected chi connectivity index (χ3v) is 3.13. The summed E-state index contributed by atoms with van der Waals surface area (Å²) in [5, 5.41) is 6.90. The van der Waals surface area contributed by atoms with Crippen LogP contribution in [-0.2, 0) is 6.54 Å². The Morgan fingerprint density at radius 1 is 0.950 bits per heavy atom. The van der Waals surface area contributed by atoms with Crippen molar-refractivity contribution in [2.75, 3.05) is 19.6 Å². The van der Waals surface area contributed by atoms with E-state index in [1.807, 2.05) is 0 Å². The minimum atomic E-state index is 0. The minimum absolute atomic E-state index is 0. The maximum Gasteiger partial charge on any atom is 0.0206 e. The van der Waals surface area contributed by atoms with E-state index in [9.17, 15) is 0 Å². The molecule has 1 aromatic rings. The maximum absolute atomic E-state index is 3.45. The van der Waals surface area contributed by atoms with E-state index in [0.717, 1.165) is 32.6 Å². The largest absolute Gasteiger partial charge is 0.312 e. The highest BCUT2D eigenvalue weighted by atomic mass is 14.9. The normalized spacial score (nSPS) is 12.6. The van der Waals surface area contributed by atoms with Gasteiger partial charge >= 0.3 is 0 Å². The van der Waals surface area contributed by atoms with Gasteiger partial charge in [0.05, 0.1) is 0 Å². The van der Waals surface area contributed by atoms with E-state index >= 15 is 0 Å². The molecule has 0 bridgehead atoms. The average molecular weight is 274 g/mol. The van der Waals surface area contributed by atoms with E-state index in [1.54, 1.807) is 0 Å². The van der Waals surface area contributed by atoms with Gasteiger partial charge in [0.1, 0.15) is 0 Å². The summed E-state index contributed by atoms with van der Waals surface area (Å²) in [6.45, 7) is 6.11. The molecule has 1 aliphatic carbocycles. The monoisotopic (exact) mass is 274 g/mol. The number of aryl methyl sites for hydroxylation is 1. The third-order valence-electron chi connectivity index (χ3n) is 3.13. The Bertz CT molecular complexity index is 416. The van der Waals surface area contributed by atoms with Crippen molar-refractivity contribution in [3.05, 3.63) is 59.2 Å². The molecule has 1 aliphatic rings. The van der Waals surface area contributed by atoms with Gasteiger partial charge in [-0.15, -0.1) is 0 Å². The molecule has 0 heterocycles. The maximum atomic E-state index is 3.45. The van der Waals surface area contributed by atoms with Crippen molar-refractivity contribution in [2.45, 2.75) is 34.7 Å². The van der Waals surface area contributed by atoms with Gasteiger partial charge in [-0.3, -0.25) is 0 Å². The highest BCUT2D eigenvalue weighted by Crippen LogP contribution is 2.07. The fourth-order valence-corrected chi connectivity index (χ4v) is 1.99. The summed E-state index contributed by atoms with van der Waals surface area (Å²) in [5.41, 5.74) is 4.15. The summed E-state index contributed by atoms with van der Waals surface area (Å²) in [5.74, 6) is 0. The quantitative estimate of drug-likeness (QED) is 0.738. The molecule has 0 saturated carbocycles. The Labute approximate surface area is 125 Å². The Kier molecular flexibility index (Phi) is 9.69. The van der Waals surface area contributed by atoms with E-state index in [4.69, 9.17) is 0 Å². The lowest BCUT2D eigenvalue weighted by Gasteiger charge is -2.07. The van der Waals surface area contributed by atoms with Crippen molar-refractivity contribution < 1.29 is 0 Å². The Morgan fingerprint density at radius 3 is 2.20 bits per heavy atom. The second-order valence-corrected chi connectivity index (χ2v) is 4.80. The summed E-state index contributed by atoms with van der Waals surface area (Å²) in [7, 11) is 0. The molecule has 0 atom stereocenters. The molecule has 0 spiro atoms. The molecule has 0 saturated heterocycles. The predicted octanol–water partition coefficient (Wildman–Crippen LogP) is 3.83. The van der Waals surface area contributed by atoms with Crippen molar-refractivity contribution >= 4 is 0 Å². The molecule has 0 fully saturated rings. The molecule has 2 N–H and O–H groups in total. The van der Waals surface area contributed by atoms with Crippen LogP contribution in [0, 0.1) is 6.92 Å². The van der Waals surface area contributed by atoms with Crippen LogP contribution in [0.4, 0.5) is 0 Å². The second-order valence-electron chi connectivity index (χ2n) is 4.80. The van der Waals surface area contributed by atoms with Gasteiger partial charge < -0.3 is 10.6 Å². The highest BCUT2D eigenvalue weighted by molar-refractivity contribution is 5.24. The van der Waals surface area contributed by atoms with Crippen molar-refractivity contribution in [3.8, 4) is 0 Å². The van der Waals surface area contributed by atoms with Crippen LogP contribution < -0.4 is 10.6 Å². The second kappa shape index (κ2) is 10.4. The van der Waals surface area contributed by atoms with Crippen LogP contribution >= 0.6 is 0 Å². The topological polar surface area (TPSA) is 24.1 Å². The number of rotatable bonds is 7. The molecular formula is C18H30N2. The van der Waals surface area contributed by atoms with Gasteiger partial charge in [0.15, 0.2) is 0 Å². The van der Waals surface area contributed by atoms with Gasteiger partial charge in [-0.2, -0.15) is 0 Å². The molecule has 0 radical (unpaired) electrons. The molecular weight excluding hydrogens is 244 g/mol. The fraction of sp³-hybridized carbons (Fsp3) is 0.444. The van der Waals surface area contributed by atoms with Crippen LogP contribution in [0.5, 0.6) is 0 Å². The predicted molar refractivity (Wildman–Crippen MR) is 91.1 cm³/mol. The molecule has 2 rings (SSSR count). The molecule has 0 aliphatic heterocycles. The third kappa shape index (κ3) is 6.69. The van der Waals surface area contributed by atoms with Gasteiger partial charge in [0, 0.05) is 26.2 Å². The summed E-state index contributed by atoms with van der Waals surface area (Å²) in [6.07, 6.45) is 7.65. The van der Waals surface area contributed by atoms with E-state index < -0.39 is 0 Å². The number of benzene rings is 1. The zero-order valence-corrected chi connectivity index (χ0v) is 11.1. The average Bonchev–Trinajstić information content (AvgIpc) is 2.89. The lowest BCUT2D eigenvalue weighted by atomic mass is 10.1. The Balaban J connectivity index is 0.00000180. The molecule has 0 unspecified atom stereocenters. The van der Waals surface area contributed by atoms with Gasteiger partial charge in [0.25, 0.3) is 0 Å². The first kappa shape index (κ1) is 18.6. The number of nitrogens with one attached hydrogen (secondary N) is 2. The first-order chi connectivity index (χ1) is 8.84. The number of hydrogen-bond acceptors (Lipinski definition) is 2. The van der Waals surface area contributed by atoms with E-state index in [2.05, 4.69) is 60.1 Å². The molecule has 112 valence electrons. The van der Waals surface area contributed by atoms with Crippen LogP contribution in [0.25, 0.3) is 0 Å². The smallest absolute Gasteiger partial charge is 0.0206 e. The molecule has 20 heavy (non-hydrogen) atoms. The van der Waals surface area contributed by atoms with E-state index in [-0.39, 0.29) is 14.9 Å². The van der Waals surface area contributed by atoms with Gasteiger partial charge in [-0.1, -0.05) is 68.5 Å². The van der Waals surface area contributed by atoms with Crippen LogP contribution in [-0.4, -0.2) is 19.6 Å². The lowest BCUT2D eigenvalue weighted by molar-refractivity contribution is 0.628. The van der Waals surface area contributed by atoms with Crippen LogP contribution in [0.2, 0.25) is 0 Å². The van der Waals surface area contributed by atoms with Crippen molar-refractivity contribution in [1.29, 1.82) is 0 Å². The standard InChI is InChI=1S/C16H22N2.2CH4/c1-14-6-8-16(9-7-14)13-18-11-10-17-12-15-4-2-3-5-15;;/h2-4,6-9,17-18H,5,10-13H2,1H3;2*1H4. The van der Waals surface area contributed by atoms with Crippen molar-refractivity contribution in [3.63, 3.8) is 0 Å². The Hall–Kier alpha value is -1.38. The minimum Gasteiger partial charge on any atom is -0.312 e. The zero-order chi connectivity index (χ0) is 12.6. The lowest BCUT2D eigenvalue weighted by Crippen LogP contribution is -2.28. The summed E-state index contributed by atoms with van der Waals surface area (Å²) in [6, 6.07) is 8.69. The molecule has 1 aromatic carbocycles. The molecule has 0 amide bonds. The zero-order valence-electron chi connectivity index (χ0n) is 11.1. The first-order valence-electron chi connectivity index (χ1n) is 6.66. The molecule has 0 aromatic heterocycles. The van der Waals surface area contributed by atoms with Gasteiger partial charge in [0.2, 0.25) is 0 Å².